The second kappa shape index (κ2) is 5.51. The van der Waals surface area contributed by atoms with Gasteiger partial charge >= 0.3 is 5.97 Å². The Morgan fingerprint density at radius 1 is 1.37 bits per heavy atom. The predicted molar refractivity (Wildman–Crippen MR) is 69.5 cm³/mol. The van der Waals surface area contributed by atoms with Crippen LogP contribution in [0.1, 0.15) is 24.2 Å². The third kappa shape index (κ3) is 3.54. The lowest BCUT2D eigenvalue weighted by Gasteiger charge is -2.00. The molecule has 1 amide bonds. The number of imidazole rings is 1. The van der Waals surface area contributed by atoms with Gasteiger partial charge in [0.05, 0.1) is 24.0 Å². The van der Waals surface area contributed by atoms with Crippen molar-refractivity contribution in [3.05, 3.63) is 29.6 Å². The van der Waals surface area contributed by atoms with E-state index in [-0.39, 0.29) is 25.3 Å². The molecule has 0 aliphatic carbocycles. The van der Waals surface area contributed by atoms with E-state index in [2.05, 4.69) is 15.3 Å². The zero-order valence-electron chi connectivity index (χ0n) is 10.6. The molecule has 100 valence electrons. The van der Waals surface area contributed by atoms with Crippen LogP contribution in [0.25, 0.3) is 11.0 Å². The van der Waals surface area contributed by atoms with Crippen molar-refractivity contribution in [2.75, 3.05) is 0 Å². The molecular formula is C13H15N3O3. The van der Waals surface area contributed by atoms with E-state index in [4.69, 9.17) is 5.11 Å². The molecule has 3 N–H and O–H groups in total. The maximum Gasteiger partial charge on any atom is 0.303 e. The second-order valence-electron chi connectivity index (χ2n) is 4.37. The molecule has 6 heteroatoms. The number of fused-ring (bicyclic) bond motifs is 1. The number of aryl methyl sites for hydroxylation is 1. The Morgan fingerprint density at radius 3 is 2.89 bits per heavy atom. The average Bonchev–Trinajstić information content (AvgIpc) is 2.75. The van der Waals surface area contributed by atoms with Crippen LogP contribution in [0, 0.1) is 6.92 Å². The number of carboxylic acid groups (broad SMARTS) is 1. The molecule has 2 aromatic rings. The summed E-state index contributed by atoms with van der Waals surface area (Å²) in [4.78, 5) is 29.2. The van der Waals surface area contributed by atoms with Crippen LogP contribution in [0.4, 0.5) is 0 Å². The number of aromatic nitrogens is 2. The van der Waals surface area contributed by atoms with Crippen LogP contribution in [0.3, 0.4) is 0 Å². The summed E-state index contributed by atoms with van der Waals surface area (Å²) in [6, 6.07) is 5.87. The number of aliphatic carboxylic acids is 1. The number of aromatic amines is 1. The van der Waals surface area contributed by atoms with E-state index in [1.807, 2.05) is 25.1 Å². The highest BCUT2D eigenvalue weighted by molar-refractivity contribution is 5.80. The number of hydrogen-bond acceptors (Lipinski definition) is 3. The van der Waals surface area contributed by atoms with Gasteiger partial charge in [0.1, 0.15) is 5.82 Å². The fraction of sp³-hybridized carbons (Fsp3) is 0.308. The van der Waals surface area contributed by atoms with Crippen LogP contribution >= 0.6 is 0 Å². The molecule has 0 atom stereocenters. The zero-order valence-corrected chi connectivity index (χ0v) is 10.6. The number of nitrogens with zero attached hydrogens (tertiary/aromatic N) is 1. The second-order valence-corrected chi connectivity index (χ2v) is 4.37. The van der Waals surface area contributed by atoms with Gasteiger partial charge < -0.3 is 15.4 Å². The normalized spacial score (nSPS) is 10.6. The van der Waals surface area contributed by atoms with Gasteiger partial charge in [-0.2, -0.15) is 0 Å². The largest absolute Gasteiger partial charge is 0.481 e. The number of carboxylic acids is 1. The van der Waals surface area contributed by atoms with E-state index in [1.165, 1.54) is 0 Å². The Kier molecular flexibility index (Phi) is 3.79. The number of carbonyl (C=O) groups excluding carboxylic acids is 1. The third-order valence-corrected chi connectivity index (χ3v) is 2.71. The van der Waals surface area contributed by atoms with Crippen LogP contribution in [-0.2, 0) is 16.1 Å². The van der Waals surface area contributed by atoms with Gasteiger partial charge in [-0.05, 0) is 24.6 Å². The van der Waals surface area contributed by atoms with Crippen molar-refractivity contribution in [2.45, 2.75) is 26.3 Å². The van der Waals surface area contributed by atoms with Gasteiger partial charge in [-0.25, -0.2) is 4.98 Å². The lowest BCUT2D eigenvalue weighted by atomic mass is 10.2. The van der Waals surface area contributed by atoms with Gasteiger partial charge in [0.25, 0.3) is 0 Å². The minimum Gasteiger partial charge on any atom is -0.481 e. The zero-order chi connectivity index (χ0) is 13.8. The monoisotopic (exact) mass is 261 g/mol. The fourth-order valence-electron chi connectivity index (χ4n) is 1.75. The molecule has 6 nitrogen and oxygen atoms in total. The van der Waals surface area contributed by atoms with E-state index in [0.717, 1.165) is 16.6 Å². The molecule has 1 aromatic carbocycles. The number of hydrogen-bond donors (Lipinski definition) is 3. The van der Waals surface area contributed by atoms with Gasteiger partial charge in [-0.1, -0.05) is 6.07 Å². The molecule has 0 spiro atoms. The lowest BCUT2D eigenvalue weighted by Crippen LogP contribution is -2.23. The predicted octanol–water partition coefficient (Wildman–Crippen LogP) is 1.35. The smallest absolute Gasteiger partial charge is 0.303 e. The van der Waals surface area contributed by atoms with Crippen LogP contribution in [0.2, 0.25) is 0 Å². The van der Waals surface area contributed by atoms with Crippen molar-refractivity contribution in [3.8, 4) is 0 Å². The van der Waals surface area contributed by atoms with E-state index in [1.54, 1.807) is 0 Å². The minimum atomic E-state index is -0.977. The van der Waals surface area contributed by atoms with E-state index < -0.39 is 5.97 Å². The number of benzene rings is 1. The first-order chi connectivity index (χ1) is 9.04. The summed E-state index contributed by atoms with van der Waals surface area (Å²) < 4.78 is 0. The van der Waals surface area contributed by atoms with Crippen molar-refractivity contribution in [1.29, 1.82) is 0 Å². The molecule has 19 heavy (non-hydrogen) atoms. The molecule has 2 rings (SSSR count). The summed E-state index contributed by atoms with van der Waals surface area (Å²) in [6.07, 6.45) is -0.181. The third-order valence-electron chi connectivity index (χ3n) is 2.71. The van der Waals surface area contributed by atoms with Crippen molar-refractivity contribution >= 4 is 22.9 Å². The summed E-state index contributed by atoms with van der Waals surface area (Å²) in [5.41, 5.74) is 2.91. The first kappa shape index (κ1) is 13.1. The Bertz CT molecular complexity index is 619. The highest BCUT2D eigenvalue weighted by Crippen LogP contribution is 2.13. The fourth-order valence-corrected chi connectivity index (χ4v) is 1.75. The first-order valence-corrected chi connectivity index (χ1v) is 5.98. The molecule has 0 unspecified atom stereocenters. The van der Waals surface area contributed by atoms with Gasteiger partial charge in [0.15, 0.2) is 0 Å². The molecule has 0 fully saturated rings. The number of rotatable bonds is 5. The van der Waals surface area contributed by atoms with Gasteiger partial charge in [-0.3, -0.25) is 9.59 Å². The van der Waals surface area contributed by atoms with Crippen LogP contribution in [-0.4, -0.2) is 27.0 Å². The molecular weight excluding hydrogens is 246 g/mol. The van der Waals surface area contributed by atoms with E-state index >= 15 is 0 Å². The number of H-pyrrole nitrogens is 1. The number of amides is 1. The molecule has 0 aliphatic heterocycles. The Hall–Kier alpha value is -2.37. The Balaban J connectivity index is 1.94. The van der Waals surface area contributed by atoms with E-state index in [9.17, 15) is 9.59 Å². The van der Waals surface area contributed by atoms with Crippen LogP contribution < -0.4 is 5.32 Å². The molecule has 0 bridgehead atoms. The van der Waals surface area contributed by atoms with Crippen molar-refractivity contribution < 1.29 is 14.7 Å². The maximum absolute atomic E-state index is 11.4. The molecule has 1 heterocycles. The van der Waals surface area contributed by atoms with Gasteiger partial charge in [0, 0.05) is 6.42 Å². The molecule has 0 saturated carbocycles. The van der Waals surface area contributed by atoms with Crippen molar-refractivity contribution in [3.63, 3.8) is 0 Å². The number of carbonyl (C=O) groups is 2. The summed E-state index contributed by atoms with van der Waals surface area (Å²) in [6.45, 7) is 2.26. The summed E-state index contributed by atoms with van der Waals surface area (Å²) in [5.74, 6) is -0.613. The topological polar surface area (TPSA) is 95.1 Å². The summed E-state index contributed by atoms with van der Waals surface area (Å²) in [5, 5.41) is 11.1. The van der Waals surface area contributed by atoms with Crippen LogP contribution in [0.5, 0.6) is 0 Å². The standard InChI is InChI=1S/C13H15N3O3/c1-8-2-3-9-10(6-8)16-11(15-9)7-14-12(17)4-5-13(18)19/h2-3,6H,4-5,7H2,1H3,(H,14,17)(H,15,16)(H,18,19). The number of nitrogens with one attached hydrogen (secondary N) is 2. The highest BCUT2D eigenvalue weighted by atomic mass is 16.4. The molecule has 1 aromatic heterocycles. The maximum atomic E-state index is 11.4. The van der Waals surface area contributed by atoms with E-state index in [0.29, 0.717) is 5.82 Å². The van der Waals surface area contributed by atoms with Crippen LogP contribution in [0.15, 0.2) is 18.2 Å². The SMILES string of the molecule is Cc1ccc2nc(CNC(=O)CCC(=O)O)[nH]c2c1. The van der Waals surface area contributed by atoms with Crippen molar-refractivity contribution in [1.82, 2.24) is 15.3 Å². The Labute approximate surface area is 109 Å². The molecule has 0 saturated heterocycles. The van der Waals surface area contributed by atoms with Gasteiger partial charge in [-0.15, -0.1) is 0 Å². The quantitative estimate of drug-likeness (QED) is 0.757. The van der Waals surface area contributed by atoms with Gasteiger partial charge in [0.2, 0.25) is 5.91 Å². The average molecular weight is 261 g/mol. The lowest BCUT2D eigenvalue weighted by molar-refractivity contribution is -0.138. The molecule has 0 radical (unpaired) electrons. The first-order valence-electron chi connectivity index (χ1n) is 5.98. The summed E-state index contributed by atoms with van der Waals surface area (Å²) in [7, 11) is 0. The molecule has 0 aliphatic rings. The minimum absolute atomic E-state index is 0.0192. The highest BCUT2D eigenvalue weighted by Gasteiger charge is 2.07. The van der Waals surface area contributed by atoms with Crippen molar-refractivity contribution in [2.24, 2.45) is 0 Å². The Morgan fingerprint density at radius 2 is 2.16 bits per heavy atom. The summed E-state index contributed by atoms with van der Waals surface area (Å²) >= 11 is 0.